The van der Waals surface area contributed by atoms with Crippen molar-refractivity contribution in [3.8, 4) is 5.75 Å². The lowest BCUT2D eigenvalue weighted by Crippen LogP contribution is -2.21. The molecule has 0 heterocycles. The molecular weight excluding hydrogens is 375 g/mol. The number of carbonyl (C=O) groups excluding carboxylic acids is 2. The van der Waals surface area contributed by atoms with Crippen molar-refractivity contribution in [3.05, 3.63) is 58.1 Å². The summed E-state index contributed by atoms with van der Waals surface area (Å²) in [5, 5.41) is 3.77. The third-order valence-electron chi connectivity index (χ3n) is 3.52. The van der Waals surface area contributed by atoms with Gasteiger partial charge in [0.2, 0.25) is 5.91 Å². The molecule has 0 aliphatic heterocycles. The van der Waals surface area contributed by atoms with Gasteiger partial charge in [0, 0.05) is 36.8 Å². The van der Waals surface area contributed by atoms with Gasteiger partial charge < -0.3 is 15.0 Å². The topological polar surface area (TPSA) is 58.6 Å². The van der Waals surface area contributed by atoms with Gasteiger partial charge in [0.15, 0.2) is 0 Å². The minimum Gasteiger partial charge on any atom is -0.492 e. The molecule has 0 atom stereocenters. The van der Waals surface area contributed by atoms with Crippen LogP contribution in [0.1, 0.15) is 23.2 Å². The predicted octanol–water partition coefficient (Wildman–Crippen LogP) is 4.49. The number of benzene rings is 2. The van der Waals surface area contributed by atoms with Crippen LogP contribution < -0.4 is 10.1 Å². The van der Waals surface area contributed by atoms with Crippen LogP contribution in [0.4, 0.5) is 5.69 Å². The Morgan fingerprint density at radius 2 is 1.77 bits per heavy atom. The Morgan fingerprint density at radius 3 is 2.38 bits per heavy atom. The van der Waals surface area contributed by atoms with Crippen molar-refractivity contribution < 1.29 is 14.3 Å². The number of rotatable bonds is 7. The van der Waals surface area contributed by atoms with E-state index in [0.29, 0.717) is 46.5 Å². The van der Waals surface area contributed by atoms with Gasteiger partial charge in [-0.2, -0.15) is 0 Å². The van der Waals surface area contributed by atoms with E-state index in [1.54, 1.807) is 56.6 Å². The molecule has 0 aliphatic carbocycles. The quantitative estimate of drug-likeness (QED) is 0.703. The van der Waals surface area contributed by atoms with Crippen LogP contribution in [-0.2, 0) is 4.79 Å². The molecular formula is C19H20Cl2N2O3. The zero-order chi connectivity index (χ0) is 19.1. The molecule has 0 unspecified atom stereocenters. The van der Waals surface area contributed by atoms with E-state index in [1.165, 1.54) is 4.90 Å². The summed E-state index contributed by atoms with van der Waals surface area (Å²) in [5.41, 5.74) is 1.22. The second-order valence-corrected chi connectivity index (χ2v) is 6.70. The summed E-state index contributed by atoms with van der Waals surface area (Å²) < 4.78 is 5.54. The van der Waals surface area contributed by atoms with Crippen molar-refractivity contribution in [2.45, 2.75) is 12.8 Å². The fraction of sp³-hybridized carbons (Fsp3) is 0.263. The molecule has 0 saturated heterocycles. The number of amides is 2. The smallest absolute Gasteiger partial charge is 0.253 e. The van der Waals surface area contributed by atoms with E-state index >= 15 is 0 Å². The number of nitrogens with zero attached hydrogens (tertiary/aromatic N) is 1. The number of ether oxygens (including phenoxy) is 1. The number of halogens is 2. The third kappa shape index (κ3) is 5.93. The molecule has 2 amide bonds. The lowest BCUT2D eigenvalue weighted by molar-refractivity contribution is -0.116. The predicted molar refractivity (Wildman–Crippen MR) is 104 cm³/mol. The van der Waals surface area contributed by atoms with Gasteiger partial charge >= 0.3 is 0 Å². The van der Waals surface area contributed by atoms with Crippen molar-refractivity contribution >= 4 is 40.7 Å². The first kappa shape index (κ1) is 20.1. The zero-order valence-corrected chi connectivity index (χ0v) is 16.1. The van der Waals surface area contributed by atoms with E-state index in [0.717, 1.165) is 0 Å². The molecule has 7 heteroatoms. The highest BCUT2D eigenvalue weighted by Crippen LogP contribution is 2.27. The molecule has 0 spiro atoms. The third-order valence-corrected chi connectivity index (χ3v) is 4.05. The number of carbonyl (C=O) groups is 2. The number of anilines is 1. The Morgan fingerprint density at radius 1 is 1.08 bits per heavy atom. The summed E-state index contributed by atoms with van der Waals surface area (Å²) in [6.07, 6.45) is 0.853. The average molecular weight is 395 g/mol. The molecule has 1 N–H and O–H groups in total. The molecule has 26 heavy (non-hydrogen) atoms. The first-order valence-corrected chi connectivity index (χ1v) is 8.82. The molecule has 0 bridgehead atoms. The summed E-state index contributed by atoms with van der Waals surface area (Å²) in [6, 6.07) is 11.8. The average Bonchev–Trinajstić information content (AvgIpc) is 2.60. The molecule has 2 aromatic carbocycles. The van der Waals surface area contributed by atoms with E-state index in [2.05, 4.69) is 5.32 Å². The minimum atomic E-state index is -0.123. The maximum atomic E-state index is 12.0. The molecule has 2 rings (SSSR count). The Bertz CT molecular complexity index is 777. The molecule has 0 fully saturated rings. The molecule has 5 nitrogen and oxygen atoms in total. The number of hydrogen-bond donors (Lipinski definition) is 1. The Balaban J connectivity index is 1.75. The van der Waals surface area contributed by atoms with Gasteiger partial charge in [0.1, 0.15) is 5.75 Å². The largest absolute Gasteiger partial charge is 0.492 e. The summed E-state index contributed by atoms with van der Waals surface area (Å²) in [7, 11) is 3.38. The molecule has 2 aromatic rings. The van der Waals surface area contributed by atoms with E-state index in [4.69, 9.17) is 27.9 Å². The SMILES string of the molecule is CN(C)C(=O)c1ccc(NC(=O)CCCOc2ccc(Cl)cc2Cl)cc1. The first-order valence-electron chi connectivity index (χ1n) is 8.06. The van der Waals surface area contributed by atoms with Crippen molar-refractivity contribution in [3.63, 3.8) is 0 Å². The molecule has 138 valence electrons. The molecule has 0 saturated carbocycles. The van der Waals surface area contributed by atoms with Crippen LogP contribution in [0, 0.1) is 0 Å². The monoisotopic (exact) mass is 394 g/mol. The lowest BCUT2D eigenvalue weighted by Gasteiger charge is -2.11. The van der Waals surface area contributed by atoms with Crippen molar-refractivity contribution in [2.24, 2.45) is 0 Å². The van der Waals surface area contributed by atoms with Crippen LogP contribution in [-0.4, -0.2) is 37.4 Å². The van der Waals surface area contributed by atoms with Crippen molar-refractivity contribution in [2.75, 3.05) is 26.0 Å². The number of hydrogen-bond acceptors (Lipinski definition) is 3. The molecule has 0 aromatic heterocycles. The van der Waals surface area contributed by atoms with Crippen molar-refractivity contribution in [1.82, 2.24) is 4.90 Å². The summed E-state index contributed by atoms with van der Waals surface area (Å²) >= 11 is 11.8. The fourth-order valence-electron chi connectivity index (χ4n) is 2.18. The Labute approximate surface area is 162 Å². The second-order valence-electron chi connectivity index (χ2n) is 5.85. The molecule has 0 radical (unpaired) electrons. The van der Waals surface area contributed by atoms with Gasteiger partial charge in [0.05, 0.1) is 11.6 Å². The maximum absolute atomic E-state index is 12.0. The lowest BCUT2D eigenvalue weighted by atomic mass is 10.2. The van der Waals surface area contributed by atoms with Crippen LogP contribution in [0.15, 0.2) is 42.5 Å². The van der Waals surface area contributed by atoms with Gasteiger partial charge in [-0.05, 0) is 48.9 Å². The van der Waals surface area contributed by atoms with Gasteiger partial charge in [-0.1, -0.05) is 23.2 Å². The van der Waals surface area contributed by atoms with E-state index in [1.807, 2.05) is 0 Å². The standard InChI is InChI=1S/C19H20Cl2N2O3/c1-23(2)19(25)13-5-8-15(9-6-13)22-18(24)4-3-11-26-17-10-7-14(20)12-16(17)21/h5-10,12H,3-4,11H2,1-2H3,(H,22,24). The highest BCUT2D eigenvalue weighted by atomic mass is 35.5. The van der Waals surface area contributed by atoms with Crippen LogP contribution in [0.2, 0.25) is 10.0 Å². The normalized spacial score (nSPS) is 10.3. The maximum Gasteiger partial charge on any atom is 0.253 e. The van der Waals surface area contributed by atoms with Crippen LogP contribution >= 0.6 is 23.2 Å². The summed E-state index contributed by atoms with van der Waals surface area (Å²) in [6.45, 7) is 0.366. The second kappa shape index (κ2) is 9.46. The first-order chi connectivity index (χ1) is 12.4. The highest BCUT2D eigenvalue weighted by Gasteiger charge is 2.08. The van der Waals surface area contributed by atoms with Gasteiger partial charge in [-0.3, -0.25) is 9.59 Å². The van der Waals surface area contributed by atoms with E-state index in [9.17, 15) is 9.59 Å². The van der Waals surface area contributed by atoms with Gasteiger partial charge in [-0.15, -0.1) is 0 Å². The Kier molecular flexibility index (Phi) is 7.30. The highest BCUT2D eigenvalue weighted by molar-refractivity contribution is 6.35. The Hall–Kier alpha value is -2.24. The number of nitrogens with one attached hydrogen (secondary N) is 1. The van der Waals surface area contributed by atoms with E-state index < -0.39 is 0 Å². The van der Waals surface area contributed by atoms with Crippen LogP contribution in [0.5, 0.6) is 5.75 Å². The minimum absolute atomic E-state index is 0.0825. The van der Waals surface area contributed by atoms with Crippen LogP contribution in [0.3, 0.4) is 0 Å². The van der Waals surface area contributed by atoms with Crippen LogP contribution in [0.25, 0.3) is 0 Å². The van der Waals surface area contributed by atoms with Crippen molar-refractivity contribution in [1.29, 1.82) is 0 Å². The summed E-state index contributed by atoms with van der Waals surface area (Å²) in [4.78, 5) is 25.3. The molecule has 0 aliphatic rings. The van der Waals surface area contributed by atoms with E-state index in [-0.39, 0.29) is 11.8 Å². The fourth-order valence-corrected chi connectivity index (χ4v) is 2.65. The zero-order valence-electron chi connectivity index (χ0n) is 14.6. The summed E-state index contributed by atoms with van der Waals surface area (Å²) in [5.74, 6) is 0.334. The van der Waals surface area contributed by atoms with Gasteiger partial charge in [-0.25, -0.2) is 0 Å². The van der Waals surface area contributed by atoms with Gasteiger partial charge in [0.25, 0.3) is 5.91 Å².